The molecular formula is C16H19NO2. The maximum atomic E-state index is 9.21. The Bertz CT molecular complexity index is 508. The summed E-state index contributed by atoms with van der Waals surface area (Å²) in [5.41, 5.74) is 2.38. The molecule has 3 nitrogen and oxygen atoms in total. The number of nitrogens with one attached hydrogen (secondary N) is 1. The molecule has 0 atom stereocenters. The van der Waals surface area contributed by atoms with Crippen molar-refractivity contribution >= 4 is 0 Å². The smallest absolute Gasteiger partial charge is 0.123 e. The highest BCUT2D eigenvalue weighted by Crippen LogP contribution is 2.16. The molecule has 2 rings (SSSR count). The van der Waals surface area contributed by atoms with Crippen LogP contribution in [0.5, 0.6) is 11.5 Å². The number of ether oxygens (including phenoxy) is 1. The third-order valence-corrected chi connectivity index (χ3v) is 3.03. The van der Waals surface area contributed by atoms with Crippen molar-refractivity contribution in [2.75, 3.05) is 13.7 Å². The molecule has 3 heteroatoms. The van der Waals surface area contributed by atoms with Gasteiger partial charge in [-0.15, -0.1) is 0 Å². The highest BCUT2D eigenvalue weighted by atomic mass is 16.5. The number of aromatic hydroxyl groups is 1. The molecule has 19 heavy (non-hydrogen) atoms. The number of hydrogen-bond donors (Lipinski definition) is 2. The first-order valence-corrected chi connectivity index (χ1v) is 6.40. The average molecular weight is 257 g/mol. The van der Waals surface area contributed by atoms with E-state index in [0.29, 0.717) is 5.75 Å². The summed E-state index contributed by atoms with van der Waals surface area (Å²) in [5, 5.41) is 12.6. The second kappa shape index (κ2) is 6.81. The first-order valence-electron chi connectivity index (χ1n) is 6.40. The van der Waals surface area contributed by atoms with E-state index in [0.717, 1.165) is 30.8 Å². The van der Waals surface area contributed by atoms with Crippen molar-refractivity contribution in [1.82, 2.24) is 5.32 Å². The first-order chi connectivity index (χ1) is 9.29. The predicted octanol–water partition coefficient (Wildman–Crippen LogP) is 2.73. The minimum absolute atomic E-state index is 0.311. The predicted molar refractivity (Wildman–Crippen MR) is 76.5 cm³/mol. The van der Waals surface area contributed by atoms with Gasteiger partial charge in [-0.2, -0.15) is 0 Å². The van der Waals surface area contributed by atoms with Crippen molar-refractivity contribution in [3.63, 3.8) is 0 Å². The Labute approximate surface area is 113 Å². The van der Waals surface area contributed by atoms with E-state index in [-0.39, 0.29) is 0 Å². The van der Waals surface area contributed by atoms with Gasteiger partial charge in [0.05, 0.1) is 7.11 Å². The number of phenolic OH excluding ortho intramolecular Hbond substituents is 1. The molecule has 0 heterocycles. The van der Waals surface area contributed by atoms with Gasteiger partial charge in [0.1, 0.15) is 11.5 Å². The molecule has 0 aromatic heterocycles. The molecule has 0 amide bonds. The van der Waals surface area contributed by atoms with Crippen molar-refractivity contribution in [3.8, 4) is 11.5 Å². The second-order valence-electron chi connectivity index (χ2n) is 4.41. The SMILES string of the molecule is COc1ccccc1CNCCc1ccc(O)cc1. The van der Waals surface area contributed by atoms with Crippen LogP contribution in [0.4, 0.5) is 0 Å². The third kappa shape index (κ3) is 4.00. The summed E-state index contributed by atoms with van der Waals surface area (Å²) in [5.74, 6) is 1.23. The van der Waals surface area contributed by atoms with E-state index in [9.17, 15) is 5.11 Å². The van der Waals surface area contributed by atoms with Crippen LogP contribution in [-0.2, 0) is 13.0 Å². The van der Waals surface area contributed by atoms with Crippen LogP contribution in [0, 0.1) is 0 Å². The van der Waals surface area contributed by atoms with Crippen LogP contribution in [0.1, 0.15) is 11.1 Å². The molecule has 100 valence electrons. The summed E-state index contributed by atoms with van der Waals surface area (Å²) < 4.78 is 5.31. The van der Waals surface area contributed by atoms with Crippen molar-refractivity contribution in [2.45, 2.75) is 13.0 Å². The summed E-state index contributed by atoms with van der Waals surface area (Å²) in [6.07, 6.45) is 0.940. The molecule has 0 spiro atoms. The van der Waals surface area contributed by atoms with Gasteiger partial charge in [0.2, 0.25) is 0 Å². The molecule has 0 saturated heterocycles. The fourth-order valence-electron chi connectivity index (χ4n) is 1.97. The summed E-state index contributed by atoms with van der Waals surface area (Å²) in [7, 11) is 1.69. The van der Waals surface area contributed by atoms with E-state index in [4.69, 9.17) is 4.74 Å². The van der Waals surface area contributed by atoms with Crippen molar-refractivity contribution in [2.24, 2.45) is 0 Å². The zero-order chi connectivity index (χ0) is 13.5. The molecule has 0 unspecified atom stereocenters. The Morgan fingerprint density at radius 1 is 1.05 bits per heavy atom. The third-order valence-electron chi connectivity index (χ3n) is 3.03. The number of phenols is 1. The molecule has 0 radical (unpaired) electrons. The monoisotopic (exact) mass is 257 g/mol. The number of methoxy groups -OCH3 is 1. The van der Waals surface area contributed by atoms with Gasteiger partial charge in [0.25, 0.3) is 0 Å². The largest absolute Gasteiger partial charge is 0.508 e. The molecule has 0 aliphatic heterocycles. The van der Waals surface area contributed by atoms with Gasteiger partial charge in [0.15, 0.2) is 0 Å². The fraction of sp³-hybridized carbons (Fsp3) is 0.250. The Morgan fingerprint density at radius 2 is 1.79 bits per heavy atom. The van der Waals surface area contributed by atoms with Crippen LogP contribution in [-0.4, -0.2) is 18.8 Å². The first kappa shape index (κ1) is 13.4. The minimum atomic E-state index is 0.311. The molecule has 0 aliphatic rings. The summed E-state index contributed by atoms with van der Waals surface area (Å²) in [6, 6.07) is 15.3. The summed E-state index contributed by atoms with van der Waals surface area (Å²) in [6.45, 7) is 1.69. The molecule has 2 aromatic rings. The Morgan fingerprint density at radius 3 is 2.53 bits per heavy atom. The van der Waals surface area contributed by atoms with Crippen molar-refractivity contribution < 1.29 is 9.84 Å². The van der Waals surface area contributed by atoms with E-state index in [2.05, 4.69) is 11.4 Å². The van der Waals surface area contributed by atoms with E-state index in [1.807, 2.05) is 30.3 Å². The molecule has 0 saturated carbocycles. The van der Waals surface area contributed by atoms with Crippen LogP contribution in [0.25, 0.3) is 0 Å². The van der Waals surface area contributed by atoms with E-state index in [1.54, 1.807) is 19.2 Å². The number of rotatable bonds is 6. The van der Waals surface area contributed by atoms with Gasteiger partial charge >= 0.3 is 0 Å². The fourth-order valence-corrected chi connectivity index (χ4v) is 1.97. The van der Waals surface area contributed by atoms with E-state index < -0.39 is 0 Å². The quantitative estimate of drug-likeness (QED) is 0.782. The zero-order valence-electron chi connectivity index (χ0n) is 11.1. The molecule has 0 aliphatic carbocycles. The Balaban J connectivity index is 1.79. The van der Waals surface area contributed by atoms with Crippen molar-refractivity contribution in [1.29, 1.82) is 0 Å². The van der Waals surface area contributed by atoms with Crippen LogP contribution in [0.3, 0.4) is 0 Å². The standard InChI is InChI=1S/C16H19NO2/c1-19-16-5-3-2-4-14(16)12-17-11-10-13-6-8-15(18)9-7-13/h2-9,17-18H,10-12H2,1H3. The van der Waals surface area contributed by atoms with Crippen LogP contribution in [0.2, 0.25) is 0 Å². The van der Waals surface area contributed by atoms with Gasteiger partial charge in [-0.3, -0.25) is 0 Å². The van der Waals surface area contributed by atoms with Gasteiger partial charge < -0.3 is 15.2 Å². The maximum absolute atomic E-state index is 9.21. The van der Waals surface area contributed by atoms with Gasteiger partial charge in [-0.1, -0.05) is 30.3 Å². The van der Waals surface area contributed by atoms with Crippen LogP contribution >= 0.6 is 0 Å². The maximum Gasteiger partial charge on any atom is 0.123 e. The molecule has 0 fully saturated rings. The number of benzene rings is 2. The number of hydrogen-bond acceptors (Lipinski definition) is 3. The van der Waals surface area contributed by atoms with E-state index in [1.165, 1.54) is 5.56 Å². The van der Waals surface area contributed by atoms with E-state index >= 15 is 0 Å². The van der Waals surface area contributed by atoms with Crippen molar-refractivity contribution in [3.05, 3.63) is 59.7 Å². The second-order valence-corrected chi connectivity index (χ2v) is 4.41. The lowest BCUT2D eigenvalue weighted by atomic mass is 10.1. The van der Waals surface area contributed by atoms with Gasteiger partial charge in [0, 0.05) is 12.1 Å². The topological polar surface area (TPSA) is 41.5 Å². The molecular weight excluding hydrogens is 238 g/mol. The Hall–Kier alpha value is -2.00. The number of para-hydroxylation sites is 1. The molecule has 2 aromatic carbocycles. The van der Waals surface area contributed by atoms with Crippen LogP contribution in [0.15, 0.2) is 48.5 Å². The van der Waals surface area contributed by atoms with Gasteiger partial charge in [-0.25, -0.2) is 0 Å². The summed E-state index contributed by atoms with van der Waals surface area (Å²) >= 11 is 0. The highest BCUT2D eigenvalue weighted by molar-refractivity contribution is 5.33. The molecule has 2 N–H and O–H groups in total. The average Bonchev–Trinajstić information content (AvgIpc) is 2.46. The Kier molecular flexibility index (Phi) is 4.81. The lowest BCUT2D eigenvalue weighted by Gasteiger charge is -2.09. The minimum Gasteiger partial charge on any atom is -0.508 e. The normalized spacial score (nSPS) is 10.4. The van der Waals surface area contributed by atoms with Gasteiger partial charge in [-0.05, 0) is 36.7 Å². The lowest BCUT2D eigenvalue weighted by molar-refractivity contribution is 0.408. The van der Waals surface area contributed by atoms with Crippen LogP contribution < -0.4 is 10.1 Å². The zero-order valence-corrected chi connectivity index (χ0v) is 11.1. The summed E-state index contributed by atoms with van der Waals surface area (Å²) in [4.78, 5) is 0. The lowest BCUT2D eigenvalue weighted by Crippen LogP contribution is -2.17. The molecule has 0 bridgehead atoms. The highest BCUT2D eigenvalue weighted by Gasteiger charge is 2.00.